The molecule has 0 amide bonds. The van der Waals surface area contributed by atoms with Crippen molar-refractivity contribution < 1.29 is 0 Å². The fourth-order valence-electron chi connectivity index (χ4n) is 4.41. The lowest BCUT2D eigenvalue weighted by atomic mass is 9.76. The number of rotatable bonds is 5. The molecule has 1 N–H and O–H groups in total. The lowest BCUT2D eigenvalue weighted by Gasteiger charge is -2.47. The third-order valence-electron chi connectivity index (χ3n) is 5.46. The molecule has 2 nitrogen and oxygen atoms in total. The predicted octanol–water partition coefficient (Wildman–Crippen LogP) is 3.67. The van der Waals surface area contributed by atoms with Crippen molar-refractivity contribution in [2.75, 3.05) is 20.1 Å². The lowest BCUT2D eigenvalue weighted by Crippen LogP contribution is -2.52. The summed E-state index contributed by atoms with van der Waals surface area (Å²) in [7, 11) is 2.09. The van der Waals surface area contributed by atoms with Gasteiger partial charge in [-0.05, 0) is 64.1 Å². The molecular formula is C17H34N2. The van der Waals surface area contributed by atoms with Gasteiger partial charge in [0.15, 0.2) is 0 Å². The van der Waals surface area contributed by atoms with Gasteiger partial charge in [0, 0.05) is 12.1 Å². The number of hydrogen-bond acceptors (Lipinski definition) is 2. The van der Waals surface area contributed by atoms with E-state index in [0.717, 1.165) is 23.9 Å². The normalized spacial score (nSPS) is 33.8. The summed E-state index contributed by atoms with van der Waals surface area (Å²) in [6, 6.07) is 1.74. The van der Waals surface area contributed by atoms with E-state index in [1.807, 2.05) is 0 Å². The first-order chi connectivity index (χ1) is 9.24. The highest BCUT2D eigenvalue weighted by Gasteiger charge is 2.35. The van der Waals surface area contributed by atoms with Gasteiger partial charge in [-0.2, -0.15) is 0 Å². The summed E-state index contributed by atoms with van der Waals surface area (Å²) in [6.07, 6.45) is 11.5. The number of hydrogen-bond donors (Lipinski definition) is 1. The summed E-state index contributed by atoms with van der Waals surface area (Å²) in [4.78, 5) is 2.92. The minimum absolute atomic E-state index is 0.852. The Hall–Kier alpha value is -0.0800. The van der Waals surface area contributed by atoms with Gasteiger partial charge >= 0.3 is 0 Å². The van der Waals surface area contributed by atoms with E-state index in [9.17, 15) is 0 Å². The van der Waals surface area contributed by atoms with Crippen molar-refractivity contribution in [1.29, 1.82) is 0 Å². The maximum absolute atomic E-state index is 3.35. The Morgan fingerprint density at radius 1 is 1.05 bits per heavy atom. The average Bonchev–Trinajstić information content (AvgIpc) is 2.45. The fraction of sp³-hybridized carbons (Fsp3) is 1.00. The van der Waals surface area contributed by atoms with Gasteiger partial charge in [0.2, 0.25) is 0 Å². The molecule has 1 aliphatic carbocycles. The minimum Gasteiger partial charge on any atom is -0.320 e. The first kappa shape index (κ1) is 15.3. The Labute approximate surface area is 120 Å². The fourth-order valence-corrected chi connectivity index (χ4v) is 4.41. The molecule has 3 atom stereocenters. The van der Waals surface area contributed by atoms with E-state index < -0.39 is 0 Å². The van der Waals surface area contributed by atoms with Crippen LogP contribution in [0.1, 0.15) is 65.2 Å². The zero-order chi connectivity index (χ0) is 13.7. The third kappa shape index (κ3) is 3.95. The van der Waals surface area contributed by atoms with Gasteiger partial charge in [0.1, 0.15) is 0 Å². The van der Waals surface area contributed by atoms with Crippen LogP contribution in [0.5, 0.6) is 0 Å². The molecule has 1 saturated carbocycles. The number of nitrogens with zero attached hydrogens (tertiary/aromatic N) is 1. The molecule has 0 spiro atoms. The first-order valence-corrected chi connectivity index (χ1v) is 8.64. The van der Waals surface area contributed by atoms with Crippen molar-refractivity contribution in [3.05, 3.63) is 0 Å². The van der Waals surface area contributed by atoms with Gasteiger partial charge < -0.3 is 5.32 Å². The van der Waals surface area contributed by atoms with E-state index in [4.69, 9.17) is 0 Å². The Morgan fingerprint density at radius 3 is 2.53 bits per heavy atom. The molecule has 1 aliphatic heterocycles. The Morgan fingerprint density at radius 2 is 1.79 bits per heavy atom. The highest BCUT2D eigenvalue weighted by molar-refractivity contribution is 4.90. The van der Waals surface area contributed by atoms with Gasteiger partial charge in [-0.15, -0.1) is 0 Å². The second-order valence-electron chi connectivity index (χ2n) is 7.04. The van der Waals surface area contributed by atoms with E-state index >= 15 is 0 Å². The maximum atomic E-state index is 3.35. The van der Waals surface area contributed by atoms with Crippen LogP contribution in [0, 0.1) is 11.8 Å². The van der Waals surface area contributed by atoms with E-state index in [-0.39, 0.29) is 0 Å². The van der Waals surface area contributed by atoms with Crippen LogP contribution in [-0.2, 0) is 0 Å². The number of piperidine rings is 1. The van der Waals surface area contributed by atoms with Crippen LogP contribution in [0.15, 0.2) is 0 Å². The summed E-state index contributed by atoms with van der Waals surface area (Å²) in [6.45, 7) is 7.42. The Kier molecular flexibility index (Phi) is 6.15. The van der Waals surface area contributed by atoms with Crippen LogP contribution in [0.4, 0.5) is 0 Å². The van der Waals surface area contributed by atoms with Crippen molar-refractivity contribution >= 4 is 0 Å². The average molecular weight is 266 g/mol. The highest BCUT2D eigenvalue weighted by atomic mass is 15.2. The molecule has 0 aromatic heterocycles. The largest absolute Gasteiger partial charge is 0.320 e. The molecule has 2 rings (SSSR count). The molecule has 2 heteroatoms. The highest BCUT2D eigenvalue weighted by Crippen LogP contribution is 2.36. The third-order valence-corrected chi connectivity index (χ3v) is 5.46. The Bertz CT molecular complexity index is 252. The zero-order valence-electron chi connectivity index (χ0n) is 13.3. The smallest absolute Gasteiger partial charge is 0.0129 e. The second kappa shape index (κ2) is 7.64. The van der Waals surface area contributed by atoms with Crippen molar-refractivity contribution in [2.24, 2.45) is 11.8 Å². The van der Waals surface area contributed by atoms with Crippen molar-refractivity contribution in [1.82, 2.24) is 10.2 Å². The molecule has 0 aromatic rings. The topological polar surface area (TPSA) is 15.3 Å². The van der Waals surface area contributed by atoms with E-state index in [1.165, 1.54) is 64.5 Å². The summed E-state index contributed by atoms with van der Waals surface area (Å²) >= 11 is 0. The number of nitrogens with one attached hydrogen (secondary N) is 1. The molecule has 112 valence electrons. The summed E-state index contributed by atoms with van der Waals surface area (Å²) in [5.41, 5.74) is 0. The maximum Gasteiger partial charge on any atom is 0.0129 e. The van der Waals surface area contributed by atoms with Crippen molar-refractivity contribution in [2.45, 2.75) is 77.3 Å². The molecular weight excluding hydrogens is 232 g/mol. The van der Waals surface area contributed by atoms with Crippen LogP contribution in [0.2, 0.25) is 0 Å². The van der Waals surface area contributed by atoms with Gasteiger partial charge in [-0.3, -0.25) is 4.90 Å². The summed E-state index contributed by atoms with van der Waals surface area (Å²) in [5.74, 6) is 1.81. The van der Waals surface area contributed by atoms with Crippen LogP contribution in [-0.4, -0.2) is 37.1 Å². The molecule has 2 aliphatic rings. The first-order valence-electron chi connectivity index (χ1n) is 8.64. The van der Waals surface area contributed by atoms with Crippen LogP contribution < -0.4 is 5.32 Å². The predicted molar refractivity (Wildman–Crippen MR) is 83.5 cm³/mol. The molecule has 1 saturated heterocycles. The quantitative estimate of drug-likeness (QED) is 0.817. The second-order valence-corrected chi connectivity index (χ2v) is 7.04. The van der Waals surface area contributed by atoms with Gasteiger partial charge in [0.05, 0.1) is 0 Å². The zero-order valence-corrected chi connectivity index (χ0v) is 13.3. The molecule has 0 radical (unpaired) electrons. The number of likely N-dealkylation sites (tertiary alicyclic amines) is 1. The van der Waals surface area contributed by atoms with Gasteiger partial charge in [-0.25, -0.2) is 0 Å². The van der Waals surface area contributed by atoms with Crippen molar-refractivity contribution in [3.63, 3.8) is 0 Å². The monoisotopic (exact) mass is 266 g/mol. The molecule has 3 unspecified atom stereocenters. The van der Waals surface area contributed by atoms with E-state index in [1.54, 1.807) is 0 Å². The van der Waals surface area contributed by atoms with Crippen LogP contribution in [0.25, 0.3) is 0 Å². The minimum atomic E-state index is 0.852. The Balaban J connectivity index is 2.01. The van der Waals surface area contributed by atoms with Crippen molar-refractivity contribution in [3.8, 4) is 0 Å². The van der Waals surface area contributed by atoms with E-state index in [0.29, 0.717) is 0 Å². The molecule has 0 bridgehead atoms. The van der Waals surface area contributed by atoms with Crippen LogP contribution >= 0.6 is 0 Å². The van der Waals surface area contributed by atoms with Gasteiger partial charge in [0.25, 0.3) is 0 Å². The lowest BCUT2D eigenvalue weighted by molar-refractivity contribution is 0.0203. The molecule has 2 fully saturated rings. The molecule has 19 heavy (non-hydrogen) atoms. The van der Waals surface area contributed by atoms with E-state index in [2.05, 4.69) is 31.1 Å². The van der Waals surface area contributed by atoms with Gasteiger partial charge in [-0.1, -0.05) is 33.1 Å². The standard InChI is InChI=1S/C17H34N2/c1-14(2)16-9-4-5-10-17(16)19-13-7-6-8-15(19)11-12-18-3/h14-18H,4-13H2,1-3H3. The van der Waals surface area contributed by atoms with Crippen LogP contribution in [0.3, 0.4) is 0 Å². The summed E-state index contributed by atoms with van der Waals surface area (Å²) in [5, 5.41) is 3.35. The SMILES string of the molecule is CNCCC1CCCCN1C1CCCCC1C(C)C. The molecule has 0 aromatic carbocycles. The summed E-state index contributed by atoms with van der Waals surface area (Å²) < 4.78 is 0. The molecule has 1 heterocycles.